The summed E-state index contributed by atoms with van der Waals surface area (Å²) in [5, 5.41) is 0. The molecule has 0 radical (unpaired) electrons. The minimum absolute atomic E-state index is 0.309. The van der Waals surface area contributed by atoms with E-state index < -0.39 is 0 Å². The van der Waals surface area contributed by atoms with E-state index >= 15 is 0 Å². The third-order valence-corrected chi connectivity index (χ3v) is 10.6. The van der Waals surface area contributed by atoms with Gasteiger partial charge in [-0.15, -0.1) is 0 Å². The average molecular weight is 559 g/mol. The molecule has 4 aliphatic rings. The molecular formula is C39H42O3. The lowest BCUT2D eigenvalue weighted by Crippen LogP contribution is -2.42. The number of carbonyl (C=O) groups is 1. The van der Waals surface area contributed by atoms with Gasteiger partial charge in [0, 0.05) is 23.5 Å². The zero-order valence-electron chi connectivity index (χ0n) is 25.3. The topological polar surface area (TPSA) is 35.5 Å². The zero-order valence-corrected chi connectivity index (χ0v) is 25.3. The van der Waals surface area contributed by atoms with E-state index in [4.69, 9.17) is 9.47 Å². The minimum Gasteiger partial charge on any atom is -0.486 e. The van der Waals surface area contributed by atoms with E-state index in [9.17, 15) is 4.79 Å². The number of allylic oxidation sites excluding steroid dienone is 4. The van der Waals surface area contributed by atoms with Crippen LogP contribution in [0.15, 0.2) is 83.6 Å². The lowest BCUT2D eigenvalue weighted by molar-refractivity contribution is -0.114. The van der Waals surface area contributed by atoms with Crippen LogP contribution >= 0.6 is 0 Å². The van der Waals surface area contributed by atoms with Crippen LogP contribution in [0.1, 0.15) is 88.3 Å². The summed E-state index contributed by atoms with van der Waals surface area (Å²) in [5.41, 5.74) is 11.1. The molecule has 0 saturated heterocycles. The van der Waals surface area contributed by atoms with Gasteiger partial charge >= 0.3 is 0 Å². The fraction of sp³-hybridized carbons (Fsp3) is 0.436. The van der Waals surface area contributed by atoms with E-state index in [0.29, 0.717) is 48.4 Å². The monoisotopic (exact) mass is 558 g/mol. The Morgan fingerprint density at radius 1 is 1.02 bits per heavy atom. The first-order valence-electron chi connectivity index (χ1n) is 15.7. The summed E-state index contributed by atoms with van der Waals surface area (Å²) >= 11 is 0. The highest BCUT2D eigenvalue weighted by atomic mass is 16.5. The van der Waals surface area contributed by atoms with Crippen LogP contribution in [0.25, 0.3) is 5.76 Å². The zero-order chi connectivity index (χ0) is 29.3. The number of fused-ring (bicyclic) bond motifs is 4. The van der Waals surface area contributed by atoms with E-state index in [-0.39, 0.29) is 0 Å². The number of rotatable bonds is 6. The van der Waals surface area contributed by atoms with Gasteiger partial charge in [0.2, 0.25) is 0 Å². The Morgan fingerprint density at radius 2 is 1.81 bits per heavy atom. The highest BCUT2D eigenvalue weighted by Gasteiger charge is 2.55. The summed E-state index contributed by atoms with van der Waals surface area (Å²) in [5.74, 6) is 10.8. The first-order valence-corrected chi connectivity index (χ1v) is 15.7. The van der Waals surface area contributed by atoms with Crippen molar-refractivity contribution in [2.24, 2.45) is 23.2 Å². The third-order valence-electron chi connectivity index (χ3n) is 10.6. The molecule has 6 rings (SSSR count). The summed E-state index contributed by atoms with van der Waals surface area (Å²) in [7, 11) is 0. The summed E-state index contributed by atoms with van der Waals surface area (Å²) in [6.45, 7) is 11.6. The number of hydrogen-bond donors (Lipinski definition) is 0. The Hall–Kier alpha value is -3.73. The highest BCUT2D eigenvalue weighted by Crippen LogP contribution is 2.65. The minimum atomic E-state index is 0.309. The molecule has 3 heteroatoms. The van der Waals surface area contributed by atoms with Crippen molar-refractivity contribution in [2.75, 3.05) is 13.2 Å². The van der Waals surface area contributed by atoms with E-state index in [1.54, 1.807) is 5.57 Å². The molecule has 4 aliphatic carbocycles. The molecule has 0 aliphatic heterocycles. The van der Waals surface area contributed by atoms with E-state index in [0.717, 1.165) is 41.6 Å². The van der Waals surface area contributed by atoms with Gasteiger partial charge < -0.3 is 9.47 Å². The maximum absolute atomic E-state index is 12.3. The molecule has 0 aromatic heterocycles. The summed E-state index contributed by atoms with van der Waals surface area (Å²) in [4.78, 5) is 12.3. The van der Waals surface area contributed by atoms with Crippen LogP contribution in [0.3, 0.4) is 0 Å². The van der Waals surface area contributed by atoms with Crippen molar-refractivity contribution >= 4 is 11.5 Å². The number of ether oxygens (including phenoxy) is 2. The molecule has 2 fully saturated rings. The third kappa shape index (κ3) is 5.30. The number of hydrogen-bond acceptors (Lipinski definition) is 3. The van der Waals surface area contributed by atoms with Gasteiger partial charge in [-0.05, 0) is 128 Å². The van der Waals surface area contributed by atoms with Crippen molar-refractivity contribution < 1.29 is 14.3 Å². The highest BCUT2D eigenvalue weighted by molar-refractivity contribution is 5.93. The number of ketones is 1. The van der Waals surface area contributed by atoms with Crippen LogP contribution in [0.4, 0.5) is 0 Å². The molecule has 3 nitrogen and oxygen atoms in total. The molecule has 2 saturated carbocycles. The van der Waals surface area contributed by atoms with Gasteiger partial charge in [0.15, 0.2) is 11.5 Å². The maximum atomic E-state index is 12.3. The first-order chi connectivity index (χ1) is 20.4. The summed E-state index contributed by atoms with van der Waals surface area (Å²) < 4.78 is 11.4. The molecule has 42 heavy (non-hydrogen) atoms. The molecule has 5 unspecified atom stereocenters. The average Bonchev–Trinajstić information content (AvgIpc) is 3.31. The molecule has 0 bridgehead atoms. The molecule has 0 amide bonds. The van der Waals surface area contributed by atoms with Crippen LogP contribution in [-0.2, 0) is 9.53 Å². The summed E-state index contributed by atoms with van der Waals surface area (Å²) in [6, 6.07) is 16.7. The van der Waals surface area contributed by atoms with Gasteiger partial charge in [-0.2, -0.15) is 0 Å². The maximum Gasteiger partial charge on any atom is 0.168 e. The van der Waals surface area contributed by atoms with Crippen molar-refractivity contribution in [2.45, 2.75) is 71.6 Å². The number of carbonyl (C=O) groups excluding carboxylic acids is 1. The molecule has 216 valence electrons. The van der Waals surface area contributed by atoms with E-state index in [1.807, 2.05) is 37.3 Å². The van der Waals surface area contributed by atoms with Crippen molar-refractivity contribution in [3.05, 3.63) is 100 Å². The van der Waals surface area contributed by atoms with Crippen LogP contribution in [-0.4, -0.2) is 19.0 Å². The van der Waals surface area contributed by atoms with Gasteiger partial charge in [-0.3, -0.25) is 4.79 Å². The van der Waals surface area contributed by atoms with Crippen molar-refractivity contribution in [3.63, 3.8) is 0 Å². The Bertz CT molecular complexity index is 1520. The Kier molecular flexibility index (Phi) is 8.02. The smallest absolute Gasteiger partial charge is 0.168 e. The molecule has 5 atom stereocenters. The summed E-state index contributed by atoms with van der Waals surface area (Å²) in [6.07, 6.45) is 9.74. The largest absolute Gasteiger partial charge is 0.486 e. The van der Waals surface area contributed by atoms with Crippen LogP contribution in [0.5, 0.6) is 5.75 Å². The van der Waals surface area contributed by atoms with Crippen LogP contribution in [0.2, 0.25) is 0 Å². The van der Waals surface area contributed by atoms with Crippen molar-refractivity contribution in [3.8, 4) is 17.6 Å². The van der Waals surface area contributed by atoms with Gasteiger partial charge in [0.25, 0.3) is 0 Å². The predicted octanol–water partition coefficient (Wildman–Crippen LogP) is 8.82. The van der Waals surface area contributed by atoms with Gasteiger partial charge in [-0.25, -0.2) is 0 Å². The van der Waals surface area contributed by atoms with Crippen molar-refractivity contribution in [1.82, 2.24) is 0 Å². The molecule has 0 spiro atoms. The lowest BCUT2D eigenvalue weighted by Gasteiger charge is -2.52. The quantitative estimate of drug-likeness (QED) is 0.202. The molecular weight excluding hydrogens is 516 g/mol. The molecule has 0 heterocycles. The van der Waals surface area contributed by atoms with Gasteiger partial charge in [0.1, 0.15) is 12.4 Å². The fourth-order valence-corrected chi connectivity index (χ4v) is 8.35. The normalized spacial score (nSPS) is 27.9. The second kappa shape index (κ2) is 11.9. The molecule has 2 aromatic rings. The molecule has 2 aromatic carbocycles. The van der Waals surface area contributed by atoms with Gasteiger partial charge in [0.05, 0.1) is 6.61 Å². The SMILES string of the molecule is C=C=C(OCC)c1ccc(OCC#Cc2ccc(C3CC4(C)C(C)CCC4C4CCC5=CC(=O)CCC5=C34)cc2)cc1. The van der Waals surface area contributed by atoms with Crippen LogP contribution in [0, 0.1) is 35.0 Å². The second-order valence-electron chi connectivity index (χ2n) is 12.7. The number of benzene rings is 2. The predicted molar refractivity (Wildman–Crippen MR) is 169 cm³/mol. The lowest BCUT2D eigenvalue weighted by atomic mass is 9.52. The Labute approximate surface area is 251 Å². The van der Waals surface area contributed by atoms with Crippen molar-refractivity contribution in [1.29, 1.82) is 0 Å². The van der Waals surface area contributed by atoms with E-state index in [2.05, 4.69) is 62.3 Å². The molecule has 0 N–H and O–H groups in total. The second-order valence-corrected chi connectivity index (χ2v) is 12.7. The van der Waals surface area contributed by atoms with Crippen LogP contribution < -0.4 is 4.74 Å². The Morgan fingerprint density at radius 3 is 2.55 bits per heavy atom. The fourth-order valence-electron chi connectivity index (χ4n) is 8.35. The standard InChI is InChI=1S/C39H42O3/c1-5-37(41-6-2)29-14-18-32(19-15-29)42-23-7-8-27-10-12-28(13-11-27)35-25-39(4)26(3)9-22-36(39)34-20-16-30-24-31(40)17-21-33(30)38(34)35/h10-15,18-19,24,26,34-36H,1,6,9,16-17,20-23,25H2,2-4H3. The van der Waals surface area contributed by atoms with E-state index in [1.165, 1.54) is 42.4 Å². The Balaban J connectivity index is 1.19. The first kappa shape index (κ1) is 28.4. The van der Waals surface area contributed by atoms with Gasteiger partial charge in [-0.1, -0.05) is 55.7 Å².